The molecule has 2 fully saturated rings. The molecule has 2 saturated heterocycles. The van der Waals surface area contributed by atoms with E-state index in [1.165, 1.54) is 75.8 Å². The first-order valence-corrected chi connectivity index (χ1v) is 13.3. The number of nitrogens with zero attached hydrogens (tertiary/aromatic N) is 4. The summed E-state index contributed by atoms with van der Waals surface area (Å²) in [5.74, 6) is 0. The first-order chi connectivity index (χ1) is 16.4. The Morgan fingerprint density at radius 2 is 0.914 bits per heavy atom. The van der Waals surface area contributed by atoms with Gasteiger partial charge in [0, 0.05) is 0 Å². The van der Waals surface area contributed by atoms with Gasteiger partial charge in [-0.3, -0.25) is 0 Å². The third-order valence-corrected chi connectivity index (χ3v) is 7.14. The second-order valence-corrected chi connectivity index (χ2v) is 9.74. The topological polar surface area (TPSA) is 34.7 Å². The van der Waals surface area contributed by atoms with Gasteiger partial charge in [0.25, 0.3) is 0 Å². The Hall–Kier alpha value is -0.525. The average Bonchev–Trinajstić information content (AvgIpc) is 2.89. The molecule has 2 atom stereocenters. The van der Waals surface area contributed by atoms with E-state index in [2.05, 4.69) is 70.5 Å². The van der Waals surface area contributed by atoms with Crippen molar-refractivity contribution in [3.8, 4) is 0 Å². The van der Waals surface area contributed by atoms with Crippen LogP contribution in [-0.2, 0) is 0 Å². The second-order valence-electron chi connectivity index (χ2n) is 9.74. The molecule has 0 saturated carbocycles. The van der Waals surface area contributed by atoms with Gasteiger partial charge in [-0.15, -0.1) is 0 Å². The largest absolute Gasteiger partial charge is 1.00 e. The van der Waals surface area contributed by atoms with Crippen LogP contribution in [0.5, 0.6) is 0 Å². The van der Waals surface area contributed by atoms with E-state index in [4.69, 9.17) is 10.6 Å². The van der Waals surface area contributed by atoms with E-state index in [0.29, 0.717) is 0 Å². The van der Waals surface area contributed by atoms with Crippen LogP contribution in [0, 0.1) is 0 Å². The van der Waals surface area contributed by atoms with Gasteiger partial charge >= 0.3 is 37.7 Å². The Balaban J connectivity index is 0.00000216. The summed E-state index contributed by atoms with van der Waals surface area (Å²) < 4.78 is 0. The first-order valence-electron chi connectivity index (χ1n) is 13.3. The minimum Gasteiger partial charge on any atom is -0.655 e. The quantitative estimate of drug-likeness (QED) is 0.343. The Morgan fingerprint density at radius 3 is 1.29 bits per heavy atom. The van der Waals surface area contributed by atoms with Gasteiger partial charge in [-0.05, 0) is 65.0 Å². The summed E-state index contributed by atoms with van der Waals surface area (Å²) >= 11 is 0. The molecule has 2 aliphatic rings. The smallest absolute Gasteiger partial charge is 0.655 e. The fourth-order valence-corrected chi connectivity index (χ4v) is 5.23. The van der Waals surface area contributed by atoms with Crippen LogP contribution >= 0.6 is 0 Å². The first kappa shape index (κ1) is 30.7. The van der Waals surface area contributed by atoms with Crippen LogP contribution in [0.3, 0.4) is 0 Å². The predicted octanol–water partition coefficient (Wildman–Crippen LogP) is 0.586. The predicted molar refractivity (Wildman–Crippen MR) is 140 cm³/mol. The molecule has 180 valence electrons. The van der Waals surface area contributed by atoms with E-state index in [9.17, 15) is 0 Å². The summed E-state index contributed by atoms with van der Waals surface area (Å²) in [5.41, 5.74) is 2.71. The van der Waals surface area contributed by atoms with Gasteiger partial charge < -0.3 is 20.4 Å². The molecule has 4 nitrogen and oxygen atoms in total. The maximum Gasteiger partial charge on any atom is 1.00 e. The summed E-state index contributed by atoms with van der Waals surface area (Å²) in [6.07, 6.45) is 9.12. The summed E-state index contributed by atoms with van der Waals surface area (Å²) in [4.78, 5) is 5.22. The average molecular weight is 461 g/mol. The van der Waals surface area contributed by atoms with Crippen LogP contribution < -0.4 is 37.7 Å². The number of hydrogen-bond donors (Lipinski definition) is 0. The summed E-state index contributed by atoms with van der Waals surface area (Å²) in [6, 6.07) is 22.3. The molecule has 0 N–H and O–H groups in total. The van der Waals surface area contributed by atoms with Gasteiger partial charge in [0.1, 0.15) is 0 Å². The normalized spacial score (nSPS) is 18.7. The summed E-state index contributed by atoms with van der Waals surface area (Å²) in [7, 11) is 0. The zero-order chi connectivity index (χ0) is 22.6. The molecular formula is C29H42Li2N4. The molecule has 35 heavy (non-hydrogen) atoms. The molecular weight excluding hydrogens is 418 g/mol. The summed E-state index contributed by atoms with van der Waals surface area (Å²) in [6.45, 7) is 8.80. The van der Waals surface area contributed by atoms with Crippen LogP contribution in [0.2, 0.25) is 0 Å². The van der Waals surface area contributed by atoms with E-state index in [-0.39, 0.29) is 49.8 Å². The van der Waals surface area contributed by atoms with Crippen molar-refractivity contribution < 1.29 is 37.7 Å². The second kappa shape index (κ2) is 17.8. The van der Waals surface area contributed by atoms with Gasteiger partial charge in [-0.25, -0.2) is 0 Å². The van der Waals surface area contributed by atoms with Crippen molar-refractivity contribution in [1.29, 1.82) is 0 Å². The van der Waals surface area contributed by atoms with Crippen LogP contribution in [0.25, 0.3) is 10.6 Å². The number of piperidine rings is 2. The molecule has 2 aliphatic heterocycles. The van der Waals surface area contributed by atoms with Crippen molar-refractivity contribution in [3.05, 3.63) is 82.4 Å². The zero-order valence-corrected chi connectivity index (χ0v) is 22.3. The fraction of sp³-hybridized carbons (Fsp3) is 0.586. The standard InChI is InChI=1S/C29H42N4.2Li/c1-5-14-26(15-6-1)28(24-32-20-9-3-10-21-32)30-18-13-19-31-29(27-16-7-2-8-17-27)25-33-22-11-4-12-23-33;;/h1-2,5-8,14-17,28-29H,3-4,9-13,18-25H2;;/q-2;2*+1/t28-,29-;;/m0../s1. The molecule has 0 amide bonds. The maximum atomic E-state index is 5.16. The molecule has 0 unspecified atom stereocenters. The number of likely N-dealkylation sites (tertiary alicyclic amines) is 2. The van der Waals surface area contributed by atoms with Crippen molar-refractivity contribution in [1.82, 2.24) is 9.80 Å². The molecule has 0 aromatic heterocycles. The molecule has 2 heterocycles. The molecule has 2 aromatic rings. The molecule has 0 aliphatic carbocycles. The van der Waals surface area contributed by atoms with E-state index in [0.717, 1.165) is 32.6 Å². The van der Waals surface area contributed by atoms with Gasteiger partial charge in [-0.1, -0.05) is 103 Å². The Morgan fingerprint density at radius 1 is 0.543 bits per heavy atom. The van der Waals surface area contributed by atoms with Crippen molar-refractivity contribution in [3.63, 3.8) is 0 Å². The van der Waals surface area contributed by atoms with Crippen LogP contribution in [0.1, 0.15) is 68.2 Å². The van der Waals surface area contributed by atoms with Crippen molar-refractivity contribution in [2.75, 3.05) is 52.4 Å². The van der Waals surface area contributed by atoms with E-state index in [1.54, 1.807) is 0 Å². The Bertz CT molecular complexity index is 699. The van der Waals surface area contributed by atoms with Gasteiger partial charge in [0.05, 0.1) is 0 Å². The molecule has 0 spiro atoms. The molecule has 0 bridgehead atoms. The van der Waals surface area contributed by atoms with Crippen LogP contribution in [0.15, 0.2) is 60.7 Å². The van der Waals surface area contributed by atoms with Crippen LogP contribution in [-0.4, -0.2) is 62.2 Å². The summed E-state index contributed by atoms with van der Waals surface area (Å²) in [5, 5.41) is 10.3. The number of hydrogen-bond acceptors (Lipinski definition) is 2. The molecule has 6 heteroatoms. The number of rotatable bonds is 12. The van der Waals surface area contributed by atoms with Gasteiger partial charge in [0.15, 0.2) is 0 Å². The van der Waals surface area contributed by atoms with E-state index >= 15 is 0 Å². The zero-order valence-electron chi connectivity index (χ0n) is 22.3. The van der Waals surface area contributed by atoms with Crippen LogP contribution in [0.4, 0.5) is 0 Å². The van der Waals surface area contributed by atoms with Gasteiger partial charge in [-0.2, -0.15) is 13.1 Å². The minimum absolute atomic E-state index is 0. The third kappa shape index (κ3) is 10.8. The molecule has 4 rings (SSSR count). The van der Waals surface area contributed by atoms with Crippen molar-refractivity contribution >= 4 is 0 Å². The van der Waals surface area contributed by atoms with Crippen molar-refractivity contribution in [2.45, 2.75) is 57.0 Å². The maximum absolute atomic E-state index is 5.16. The molecule has 2 aromatic carbocycles. The number of benzene rings is 2. The Kier molecular flexibility index (Phi) is 15.7. The van der Waals surface area contributed by atoms with Crippen molar-refractivity contribution in [2.24, 2.45) is 0 Å². The third-order valence-electron chi connectivity index (χ3n) is 7.14. The SMILES string of the molecule is [Li+].[Li+].c1ccc([C@H](CN2CCCCC2)[N-]CCC[N-][C@@H](CN2CCCCC2)c2ccccc2)cc1. The monoisotopic (exact) mass is 460 g/mol. The van der Waals surface area contributed by atoms with E-state index < -0.39 is 0 Å². The molecule has 0 radical (unpaired) electrons. The fourth-order valence-electron chi connectivity index (χ4n) is 5.23. The van der Waals surface area contributed by atoms with Gasteiger partial charge in [0.2, 0.25) is 0 Å². The Labute approximate surface area is 238 Å². The van der Waals surface area contributed by atoms with E-state index in [1.807, 2.05) is 0 Å². The minimum atomic E-state index is 0.